The Labute approximate surface area is 207 Å². The van der Waals surface area contributed by atoms with E-state index in [2.05, 4.69) is 38.4 Å². The highest BCUT2D eigenvalue weighted by Gasteiger charge is 2.28. The van der Waals surface area contributed by atoms with Gasteiger partial charge < -0.3 is 9.30 Å². The molecule has 0 aliphatic heterocycles. The quantitative estimate of drug-likeness (QED) is 0.364. The van der Waals surface area contributed by atoms with Crippen LogP contribution in [0.25, 0.3) is 11.0 Å². The Kier molecular flexibility index (Phi) is 7.36. The summed E-state index contributed by atoms with van der Waals surface area (Å²) in [5.74, 6) is -0.511. The molecule has 0 saturated heterocycles. The molecule has 1 saturated carbocycles. The number of imidazole rings is 1. The molecule has 1 heterocycles. The van der Waals surface area contributed by atoms with E-state index >= 15 is 0 Å². The Hall–Kier alpha value is -2.74. The summed E-state index contributed by atoms with van der Waals surface area (Å²) in [4.78, 5) is 29.6. The Bertz CT molecular complexity index is 1200. The van der Waals surface area contributed by atoms with Crippen LogP contribution in [0.3, 0.4) is 0 Å². The second-order valence-electron chi connectivity index (χ2n) is 9.00. The standard InChI is InChI=1S/C26H29BrFN3O3/c1-4-34-25(33)17-10-8-16(9-11-17)18-12-13-21-22(14-18)31(15(2)3)26(29-21)30-24(32)23-19(27)6-5-7-20(23)28/h5-7,12-17H,4,8-11H2,1-3H3,(H,29,30,32). The Morgan fingerprint density at radius 3 is 2.59 bits per heavy atom. The normalized spacial score (nSPS) is 18.3. The van der Waals surface area contributed by atoms with Gasteiger partial charge in [-0.2, -0.15) is 0 Å². The molecule has 0 unspecified atom stereocenters. The minimum Gasteiger partial charge on any atom is -0.466 e. The van der Waals surface area contributed by atoms with Crippen LogP contribution in [0.1, 0.15) is 74.3 Å². The molecular weight excluding hydrogens is 501 g/mol. The zero-order valence-electron chi connectivity index (χ0n) is 19.6. The predicted octanol–water partition coefficient (Wildman–Crippen LogP) is 6.61. The molecule has 6 nitrogen and oxygen atoms in total. The minimum absolute atomic E-state index is 0.0133. The van der Waals surface area contributed by atoms with E-state index in [1.54, 1.807) is 12.1 Å². The van der Waals surface area contributed by atoms with E-state index < -0.39 is 11.7 Å². The van der Waals surface area contributed by atoms with E-state index in [0.717, 1.165) is 36.7 Å². The largest absolute Gasteiger partial charge is 0.466 e. The molecule has 0 atom stereocenters. The maximum Gasteiger partial charge on any atom is 0.308 e. The van der Waals surface area contributed by atoms with Crippen LogP contribution < -0.4 is 5.32 Å². The van der Waals surface area contributed by atoms with Gasteiger partial charge in [-0.25, -0.2) is 9.37 Å². The van der Waals surface area contributed by atoms with Crippen molar-refractivity contribution in [2.45, 2.75) is 58.4 Å². The summed E-state index contributed by atoms with van der Waals surface area (Å²) >= 11 is 3.26. The van der Waals surface area contributed by atoms with Crippen LogP contribution in [0.4, 0.5) is 10.3 Å². The van der Waals surface area contributed by atoms with Gasteiger partial charge in [-0.1, -0.05) is 12.1 Å². The van der Waals surface area contributed by atoms with E-state index in [1.165, 1.54) is 11.6 Å². The fourth-order valence-corrected chi connectivity index (χ4v) is 5.30. The highest BCUT2D eigenvalue weighted by Crippen LogP contribution is 2.38. The number of rotatable bonds is 6. The molecule has 34 heavy (non-hydrogen) atoms. The van der Waals surface area contributed by atoms with E-state index in [1.807, 2.05) is 31.4 Å². The van der Waals surface area contributed by atoms with Crippen LogP contribution in [-0.4, -0.2) is 28.0 Å². The number of halogens is 2. The van der Waals surface area contributed by atoms with E-state index in [9.17, 15) is 14.0 Å². The van der Waals surface area contributed by atoms with Crippen molar-refractivity contribution in [2.75, 3.05) is 11.9 Å². The number of nitrogens with zero attached hydrogens (tertiary/aromatic N) is 2. The number of ether oxygens (including phenoxy) is 1. The van der Waals surface area contributed by atoms with E-state index in [-0.39, 0.29) is 23.5 Å². The van der Waals surface area contributed by atoms with Gasteiger partial charge in [-0.3, -0.25) is 14.9 Å². The van der Waals surface area contributed by atoms with Crippen molar-refractivity contribution in [2.24, 2.45) is 5.92 Å². The number of nitrogens with one attached hydrogen (secondary N) is 1. The lowest BCUT2D eigenvalue weighted by Crippen LogP contribution is -2.23. The van der Waals surface area contributed by atoms with Gasteiger partial charge in [0, 0.05) is 10.5 Å². The van der Waals surface area contributed by atoms with E-state index in [0.29, 0.717) is 22.9 Å². The summed E-state index contributed by atoms with van der Waals surface area (Å²) in [7, 11) is 0. The third-order valence-electron chi connectivity index (χ3n) is 6.46. The van der Waals surface area contributed by atoms with Gasteiger partial charge in [0.05, 0.1) is 29.1 Å². The van der Waals surface area contributed by atoms with Crippen LogP contribution in [0.15, 0.2) is 40.9 Å². The summed E-state index contributed by atoms with van der Waals surface area (Å²) in [5, 5.41) is 2.80. The van der Waals surface area contributed by atoms with Crippen molar-refractivity contribution in [3.05, 3.63) is 57.8 Å². The van der Waals surface area contributed by atoms with Crippen LogP contribution in [0, 0.1) is 11.7 Å². The monoisotopic (exact) mass is 529 g/mol. The Balaban J connectivity index is 1.60. The van der Waals surface area contributed by atoms with Crippen LogP contribution >= 0.6 is 15.9 Å². The topological polar surface area (TPSA) is 73.2 Å². The van der Waals surface area contributed by atoms with E-state index in [4.69, 9.17) is 4.74 Å². The predicted molar refractivity (Wildman–Crippen MR) is 134 cm³/mol. The summed E-state index contributed by atoms with van der Waals surface area (Å²) in [5.41, 5.74) is 2.83. The number of esters is 1. The number of hydrogen-bond donors (Lipinski definition) is 1. The van der Waals surface area contributed by atoms with Gasteiger partial charge in [0.1, 0.15) is 5.82 Å². The first kappa shape index (κ1) is 24.4. The first-order valence-corrected chi connectivity index (χ1v) is 12.5. The molecule has 1 aliphatic rings. The number of fused-ring (bicyclic) bond motifs is 1. The highest BCUT2D eigenvalue weighted by molar-refractivity contribution is 9.10. The number of carbonyl (C=O) groups excluding carboxylic acids is 2. The zero-order valence-corrected chi connectivity index (χ0v) is 21.2. The van der Waals surface area contributed by atoms with Gasteiger partial charge in [0.25, 0.3) is 5.91 Å². The molecule has 1 amide bonds. The smallest absolute Gasteiger partial charge is 0.308 e. The molecule has 1 aromatic heterocycles. The maximum atomic E-state index is 14.3. The van der Waals surface area contributed by atoms with Crippen molar-refractivity contribution in [3.8, 4) is 0 Å². The molecule has 1 aliphatic carbocycles. The molecule has 2 aromatic carbocycles. The first-order valence-electron chi connectivity index (χ1n) is 11.7. The fraction of sp³-hybridized carbons (Fsp3) is 0.423. The lowest BCUT2D eigenvalue weighted by molar-refractivity contribution is -0.149. The van der Waals surface area contributed by atoms with Crippen molar-refractivity contribution in [3.63, 3.8) is 0 Å². The maximum absolute atomic E-state index is 14.3. The third kappa shape index (κ3) is 4.87. The second-order valence-corrected chi connectivity index (χ2v) is 9.85. The van der Waals surface area contributed by atoms with Gasteiger partial charge >= 0.3 is 5.97 Å². The molecular formula is C26H29BrFN3O3. The summed E-state index contributed by atoms with van der Waals surface area (Å²) in [6, 6.07) is 10.6. The van der Waals surface area contributed by atoms with Crippen molar-refractivity contribution >= 4 is 44.8 Å². The molecule has 0 spiro atoms. The lowest BCUT2D eigenvalue weighted by Gasteiger charge is -2.27. The fourth-order valence-electron chi connectivity index (χ4n) is 4.78. The summed E-state index contributed by atoms with van der Waals surface area (Å²) < 4.78 is 21.8. The third-order valence-corrected chi connectivity index (χ3v) is 7.12. The number of aromatic nitrogens is 2. The number of carbonyl (C=O) groups is 2. The SMILES string of the molecule is CCOC(=O)C1CCC(c2ccc3nc(NC(=O)c4c(F)cccc4Br)n(C(C)C)c3c2)CC1. The highest BCUT2D eigenvalue weighted by atomic mass is 79.9. The average Bonchev–Trinajstić information content (AvgIpc) is 3.16. The van der Waals surface area contributed by atoms with Crippen molar-refractivity contribution in [1.82, 2.24) is 9.55 Å². The van der Waals surface area contributed by atoms with Crippen LogP contribution in [0.2, 0.25) is 0 Å². The number of amides is 1. The lowest BCUT2D eigenvalue weighted by atomic mass is 9.78. The van der Waals surface area contributed by atoms with Gasteiger partial charge in [-0.05, 0) is 98.1 Å². The molecule has 180 valence electrons. The Morgan fingerprint density at radius 2 is 1.94 bits per heavy atom. The molecule has 1 N–H and O–H groups in total. The average molecular weight is 530 g/mol. The first-order chi connectivity index (χ1) is 16.3. The Morgan fingerprint density at radius 1 is 1.21 bits per heavy atom. The van der Waals surface area contributed by atoms with Gasteiger partial charge in [-0.15, -0.1) is 0 Å². The molecule has 4 rings (SSSR count). The van der Waals surface area contributed by atoms with Gasteiger partial charge in [0.15, 0.2) is 0 Å². The second kappa shape index (κ2) is 10.3. The molecule has 8 heteroatoms. The summed E-state index contributed by atoms with van der Waals surface area (Å²) in [6.07, 6.45) is 3.50. The number of anilines is 1. The molecule has 0 bridgehead atoms. The molecule has 3 aromatic rings. The summed E-state index contributed by atoms with van der Waals surface area (Å²) in [6.45, 7) is 6.30. The van der Waals surface area contributed by atoms with Crippen molar-refractivity contribution in [1.29, 1.82) is 0 Å². The zero-order chi connectivity index (χ0) is 24.4. The van der Waals surface area contributed by atoms with Crippen molar-refractivity contribution < 1.29 is 18.7 Å². The number of hydrogen-bond acceptors (Lipinski definition) is 4. The van der Waals surface area contributed by atoms with Gasteiger partial charge in [0.2, 0.25) is 5.95 Å². The number of benzene rings is 2. The minimum atomic E-state index is -0.597. The molecule has 1 fully saturated rings. The molecule has 0 radical (unpaired) electrons. The van der Waals surface area contributed by atoms with Crippen LogP contribution in [-0.2, 0) is 9.53 Å². The van der Waals surface area contributed by atoms with Crippen LogP contribution in [0.5, 0.6) is 0 Å².